The number of benzene rings is 1. The molecule has 144 valence electrons. The quantitative estimate of drug-likeness (QED) is 0.728. The van der Waals surface area contributed by atoms with E-state index in [1.165, 1.54) is 12.1 Å². The summed E-state index contributed by atoms with van der Waals surface area (Å²) in [5, 5.41) is 11.1. The van der Waals surface area contributed by atoms with E-state index in [4.69, 9.17) is 4.42 Å². The van der Waals surface area contributed by atoms with Gasteiger partial charge < -0.3 is 9.73 Å². The molecule has 0 atom stereocenters. The molecule has 0 saturated heterocycles. The van der Waals surface area contributed by atoms with Crippen molar-refractivity contribution in [3.63, 3.8) is 0 Å². The zero-order valence-corrected chi connectivity index (χ0v) is 15.2. The van der Waals surface area contributed by atoms with Crippen molar-refractivity contribution in [3.05, 3.63) is 60.1 Å². The first kappa shape index (κ1) is 18.2. The minimum atomic E-state index is -0.501. The summed E-state index contributed by atoms with van der Waals surface area (Å²) in [5.74, 6) is 0.687. The number of carbonyl (C=O) groups is 1. The lowest BCUT2D eigenvalue weighted by Gasteiger charge is -2.26. The minimum Gasteiger partial charge on any atom is -0.419 e. The molecule has 1 fully saturated rings. The summed E-state index contributed by atoms with van der Waals surface area (Å²) in [6, 6.07) is 6.01. The van der Waals surface area contributed by atoms with Gasteiger partial charge in [-0.25, -0.2) is 9.37 Å². The van der Waals surface area contributed by atoms with E-state index < -0.39 is 5.82 Å². The number of hydrogen-bond acceptors (Lipinski definition) is 6. The first-order chi connectivity index (χ1) is 13.7. The average Bonchev–Trinajstić information content (AvgIpc) is 3.24. The van der Waals surface area contributed by atoms with Gasteiger partial charge in [-0.2, -0.15) is 0 Å². The molecule has 0 unspecified atom stereocenters. The third-order valence-corrected chi connectivity index (χ3v) is 5.09. The number of halogens is 1. The average molecular weight is 381 g/mol. The van der Waals surface area contributed by atoms with Gasteiger partial charge in [-0.05, 0) is 43.7 Å². The second-order valence-corrected chi connectivity index (χ2v) is 6.94. The molecule has 28 heavy (non-hydrogen) atoms. The molecule has 4 rings (SSSR count). The lowest BCUT2D eigenvalue weighted by molar-refractivity contribution is 0.0938. The summed E-state index contributed by atoms with van der Waals surface area (Å²) in [6.07, 6.45) is 8.44. The maximum Gasteiger partial charge on any atom is 0.267 e. The van der Waals surface area contributed by atoms with Gasteiger partial charge in [-0.1, -0.05) is 12.1 Å². The highest BCUT2D eigenvalue weighted by molar-refractivity contribution is 5.94. The highest BCUT2D eigenvalue weighted by atomic mass is 19.1. The fourth-order valence-electron chi connectivity index (χ4n) is 3.50. The Kier molecular flexibility index (Phi) is 5.36. The lowest BCUT2D eigenvalue weighted by Crippen LogP contribution is -2.31. The Bertz CT molecular complexity index is 939. The Balaban J connectivity index is 1.29. The van der Waals surface area contributed by atoms with Crippen LogP contribution in [0.1, 0.15) is 47.8 Å². The number of carbonyl (C=O) groups excluding carboxylic acids is 1. The largest absolute Gasteiger partial charge is 0.419 e. The Morgan fingerprint density at radius 1 is 1.14 bits per heavy atom. The van der Waals surface area contributed by atoms with E-state index in [1.807, 2.05) is 0 Å². The highest BCUT2D eigenvalue weighted by Crippen LogP contribution is 2.35. The van der Waals surface area contributed by atoms with Crippen LogP contribution in [0.2, 0.25) is 0 Å². The zero-order valence-electron chi connectivity index (χ0n) is 15.2. The van der Waals surface area contributed by atoms with E-state index in [9.17, 15) is 9.18 Å². The zero-order chi connectivity index (χ0) is 19.3. The maximum absolute atomic E-state index is 13.7. The van der Waals surface area contributed by atoms with E-state index in [1.54, 1.807) is 30.7 Å². The first-order valence-electron chi connectivity index (χ1n) is 9.33. The van der Waals surface area contributed by atoms with Gasteiger partial charge in [0.1, 0.15) is 11.5 Å². The second kappa shape index (κ2) is 8.24. The number of hydrogen-bond donors (Lipinski definition) is 1. The fraction of sp³-hybridized carbons (Fsp3) is 0.350. The van der Waals surface area contributed by atoms with Gasteiger partial charge in [0, 0.05) is 24.9 Å². The van der Waals surface area contributed by atoms with Crippen LogP contribution in [0.25, 0.3) is 11.6 Å². The summed E-state index contributed by atoms with van der Waals surface area (Å²) >= 11 is 0. The molecular weight excluding hydrogens is 361 g/mol. The molecule has 0 radical (unpaired) electrons. The van der Waals surface area contributed by atoms with Gasteiger partial charge in [0.15, 0.2) is 0 Å². The van der Waals surface area contributed by atoms with Crippen molar-refractivity contribution in [1.82, 2.24) is 25.5 Å². The van der Waals surface area contributed by atoms with Crippen LogP contribution >= 0.6 is 0 Å². The monoisotopic (exact) mass is 381 g/mol. The fourth-order valence-corrected chi connectivity index (χ4v) is 3.50. The van der Waals surface area contributed by atoms with Crippen molar-refractivity contribution >= 4 is 5.91 Å². The first-order valence-corrected chi connectivity index (χ1v) is 9.33. The standard InChI is InChI=1S/C20H20FN5O2/c21-16-4-2-1-3-15(16)18(27)24-11-13-5-7-14(8-6-13)19-25-26-20(28-19)17-12-22-9-10-23-17/h1-4,9-10,12-14H,5-8,11H2,(H,24,27). The van der Waals surface area contributed by atoms with Crippen LogP contribution in [-0.2, 0) is 0 Å². The summed E-state index contributed by atoms with van der Waals surface area (Å²) in [5.41, 5.74) is 0.643. The Morgan fingerprint density at radius 2 is 1.96 bits per heavy atom. The summed E-state index contributed by atoms with van der Waals surface area (Å²) in [6.45, 7) is 0.536. The number of nitrogens with one attached hydrogen (secondary N) is 1. The maximum atomic E-state index is 13.7. The Morgan fingerprint density at radius 3 is 2.71 bits per heavy atom. The van der Waals surface area contributed by atoms with Crippen LogP contribution in [0.4, 0.5) is 4.39 Å². The molecule has 3 aromatic rings. The smallest absolute Gasteiger partial charge is 0.267 e. The van der Waals surface area contributed by atoms with E-state index in [-0.39, 0.29) is 17.4 Å². The van der Waals surface area contributed by atoms with Crippen molar-refractivity contribution in [2.75, 3.05) is 6.54 Å². The van der Waals surface area contributed by atoms with Gasteiger partial charge in [0.25, 0.3) is 11.8 Å². The van der Waals surface area contributed by atoms with Crippen LogP contribution in [0.3, 0.4) is 0 Å². The van der Waals surface area contributed by atoms with Crippen LogP contribution in [0.5, 0.6) is 0 Å². The summed E-state index contributed by atoms with van der Waals surface area (Å²) in [7, 11) is 0. The molecule has 7 nitrogen and oxygen atoms in total. The Hall–Kier alpha value is -3.16. The van der Waals surface area contributed by atoms with E-state index >= 15 is 0 Å². The molecule has 8 heteroatoms. The van der Waals surface area contributed by atoms with E-state index in [0.717, 1.165) is 25.7 Å². The molecule has 1 N–H and O–H groups in total. The van der Waals surface area contributed by atoms with Crippen molar-refractivity contribution in [1.29, 1.82) is 0 Å². The molecule has 1 aliphatic rings. The van der Waals surface area contributed by atoms with Crippen LogP contribution in [-0.4, -0.2) is 32.6 Å². The summed E-state index contributed by atoms with van der Waals surface area (Å²) in [4.78, 5) is 20.3. The third-order valence-electron chi connectivity index (χ3n) is 5.09. The van der Waals surface area contributed by atoms with Gasteiger partial charge >= 0.3 is 0 Å². The molecule has 1 amide bonds. The highest BCUT2D eigenvalue weighted by Gasteiger charge is 2.27. The number of amides is 1. The summed E-state index contributed by atoms with van der Waals surface area (Å²) < 4.78 is 19.5. The van der Waals surface area contributed by atoms with Crippen LogP contribution < -0.4 is 5.32 Å². The van der Waals surface area contributed by atoms with Gasteiger partial charge in [-0.15, -0.1) is 10.2 Å². The normalized spacial score (nSPS) is 19.3. The number of nitrogens with zero attached hydrogens (tertiary/aromatic N) is 4. The predicted octanol–water partition coefficient (Wildman–Crippen LogP) is 3.37. The van der Waals surface area contributed by atoms with Crippen LogP contribution in [0, 0.1) is 11.7 Å². The van der Waals surface area contributed by atoms with Crippen molar-refractivity contribution in [2.24, 2.45) is 5.92 Å². The molecule has 1 saturated carbocycles. The SMILES string of the molecule is O=C(NCC1CCC(c2nnc(-c3cnccn3)o2)CC1)c1ccccc1F. The molecule has 1 aromatic carbocycles. The molecule has 2 aromatic heterocycles. The van der Waals surface area contributed by atoms with Crippen LogP contribution in [0.15, 0.2) is 47.3 Å². The number of rotatable bonds is 5. The van der Waals surface area contributed by atoms with Crippen molar-refractivity contribution in [3.8, 4) is 11.6 Å². The molecule has 1 aliphatic carbocycles. The Labute approximate surface area is 161 Å². The van der Waals surface area contributed by atoms with Crippen molar-refractivity contribution < 1.29 is 13.6 Å². The predicted molar refractivity (Wildman–Crippen MR) is 98.8 cm³/mol. The number of aromatic nitrogens is 4. The topological polar surface area (TPSA) is 93.8 Å². The van der Waals surface area contributed by atoms with Crippen molar-refractivity contribution in [2.45, 2.75) is 31.6 Å². The third kappa shape index (κ3) is 4.05. The van der Waals surface area contributed by atoms with E-state index in [2.05, 4.69) is 25.5 Å². The molecule has 0 aliphatic heterocycles. The molecular formula is C20H20FN5O2. The molecule has 0 spiro atoms. The minimum absolute atomic E-state index is 0.0820. The van der Waals surface area contributed by atoms with Gasteiger partial charge in [-0.3, -0.25) is 9.78 Å². The molecule has 0 bridgehead atoms. The molecule has 2 heterocycles. The van der Waals surface area contributed by atoms with E-state index in [0.29, 0.717) is 29.9 Å². The second-order valence-electron chi connectivity index (χ2n) is 6.94. The van der Waals surface area contributed by atoms with Gasteiger partial charge in [0.05, 0.1) is 11.8 Å². The van der Waals surface area contributed by atoms with Gasteiger partial charge in [0.2, 0.25) is 5.89 Å². The lowest BCUT2D eigenvalue weighted by atomic mass is 9.82.